The van der Waals surface area contributed by atoms with Gasteiger partial charge in [-0.15, -0.1) is 0 Å². The van der Waals surface area contributed by atoms with Crippen LogP contribution in [0.2, 0.25) is 5.15 Å². The summed E-state index contributed by atoms with van der Waals surface area (Å²) in [6.45, 7) is 0. The number of nitrogens with two attached hydrogens (primary N) is 1. The molecule has 0 saturated carbocycles. The number of hydrogen-bond acceptors (Lipinski definition) is 4. The van der Waals surface area contributed by atoms with E-state index in [0.717, 1.165) is 0 Å². The molecule has 7 heteroatoms. The van der Waals surface area contributed by atoms with Crippen LogP contribution in [-0.4, -0.2) is 14.7 Å². The first kappa shape index (κ1) is 7.75. The maximum atomic E-state index is 5.72. The molecule has 2 N–H and O–H groups in total. The molecule has 5 nitrogen and oxygen atoms in total. The Kier molecular flexibility index (Phi) is 1.66. The van der Waals surface area contributed by atoms with Gasteiger partial charge in [0.05, 0.1) is 0 Å². The molecule has 0 amide bonds. The van der Waals surface area contributed by atoms with Crippen LogP contribution in [0, 0.1) is 0 Å². The molecule has 1 aliphatic rings. The second-order valence-corrected chi connectivity index (χ2v) is 3.10. The van der Waals surface area contributed by atoms with E-state index in [1.54, 1.807) is 0 Å². The molecule has 61 valence electrons. The Morgan fingerprint density at radius 2 is 2.08 bits per heavy atom. The highest BCUT2D eigenvalue weighted by Gasteiger charge is 2.19. The summed E-state index contributed by atoms with van der Waals surface area (Å²) in [7, 11) is 0. The average molecular weight is 247 g/mol. The van der Waals surface area contributed by atoms with Crippen LogP contribution in [0.1, 0.15) is 0 Å². The Labute approximate surface area is 81.2 Å². The number of aromatic nitrogens is 2. The van der Waals surface area contributed by atoms with E-state index >= 15 is 0 Å². The standard InChI is InChI=1S/C5H2BrClN5/c6-4-9-1-2(7)10-5(8)12-3(1)11-4/h(H2,8,10,12). The van der Waals surface area contributed by atoms with Gasteiger partial charge in [0.15, 0.2) is 15.7 Å². The van der Waals surface area contributed by atoms with Crippen molar-refractivity contribution in [3.63, 3.8) is 0 Å². The molecule has 1 aromatic heterocycles. The number of anilines is 1. The fourth-order valence-electron chi connectivity index (χ4n) is 0.811. The molecule has 1 radical (unpaired) electrons. The molecule has 2 heterocycles. The minimum atomic E-state index is 0.0971. The molecule has 1 aromatic rings. The molecule has 0 saturated heterocycles. The maximum Gasteiger partial charge on any atom is 0.223 e. The van der Waals surface area contributed by atoms with Crippen LogP contribution in [0.5, 0.6) is 0 Å². The molecule has 0 fully saturated rings. The summed E-state index contributed by atoms with van der Waals surface area (Å²) in [4.78, 5) is 11.5. The predicted octanol–water partition coefficient (Wildman–Crippen LogP) is 1.34. The monoisotopic (exact) mass is 246 g/mol. The predicted molar refractivity (Wildman–Crippen MR) is 49.3 cm³/mol. The van der Waals surface area contributed by atoms with E-state index in [2.05, 4.69) is 36.2 Å². The summed E-state index contributed by atoms with van der Waals surface area (Å²) in [5, 5.41) is 4.14. The minimum absolute atomic E-state index is 0.0971. The van der Waals surface area contributed by atoms with E-state index in [0.29, 0.717) is 16.3 Å². The number of halogens is 2. The smallest absolute Gasteiger partial charge is 0.223 e. The highest BCUT2D eigenvalue weighted by Crippen LogP contribution is 2.35. The van der Waals surface area contributed by atoms with E-state index in [9.17, 15) is 0 Å². The van der Waals surface area contributed by atoms with E-state index in [4.69, 9.17) is 17.3 Å². The number of hydrogen-bond donors (Lipinski definition) is 1. The molecule has 0 bridgehead atoms. The summed E-state index contributed by atoms with van der Waals surface area (Å²) in [5.41, 5.74) is 5.80. The van der Waals surface area contributed by atoms with Gasteiger partial charge < -0.3 is 5.73 Å². The zero-order chi connectivity index (χ0) is 8.72. The molecular formula is C5H2BrClN5. The van der Waals surface area contributed by atoms with E-state index in [1.165, 1.54) is 0 Å². The van der Waals surface area contributed by atoms with Gasteiger partial charge in [0.1, 0.15) is 5.69 Å². The molecular weight excluding hydrogens is 245 g/mol. The number of fused-ring (bicyclic) bond motifs is 1. The second kappa shape index (κ2) is 2.56. The molecule has 0 atom stereocenters. The third-order valence-corrected chi connectivity index (χ3v) is 1.86. The van der Waals surface area contributed by atoms with Gasteiger partial charge in [0, 0.05) is 0 Å². The van der Waals surface area contributed by atoms with Gasteiger partial charge in [-0.2, -0.15) is 9.97 Å². The van der Waals surface area contributed by atoms with Crippen molar-refractivity contribution in [2.24, 2.45) is 4.99 Å². The summed E-state index contributed by atoms with van der Waals surface area (Å²) in [5.74, 6) is 0.499. The molecule has 12 heavy (non-hydrogen) atoms. The summed E-state index contributed by atoms with van der Waals surface area (Å²) in [6, 6.07) is 0. The van der Waals surface area contributed by atoms with Crippen LogP contribution in [-0.2, 0) is 0 Å². The normalized spacial score (nSPS) is 13.7. The minimum Gasteiger partial charge on any atom is -0.368 e. The van der Waals surface area contributed by atoms with Crippen LogP contribution >= 0.6 is 27.5 Å². The molecule has 0 aliphatic carbocycles. The van der Waals surface area contributed by atoms with Gasteiger partial charge in [-0.05, 0) is 15.9 Å². The Morgan fingerprint density at radius 3 is 2.83 bits per heavy atom. The van der Waals surface area contributed by atoms with E-state index < -0.39 is 0 Å². The zero-order valence-electron chi connectivity index (χ0n) is 5.62. The molecule has 1 aliphatic heterocycles. The lowest BCUT2D eigenvalue weighted by Gasteiger charge is -1.97. The molecule has 2 rings (SSSR count). The first-order valence-electron chi connectivity index (χ1n) is 2.96. The van der Waals surface area contributed by atoms with Crippen LogP contribution in [0.4, 0.5) is 17.5 Å². The van der Waals surface area contributed by atoms with Crippen molar-refractivity contribution in [3.8, 4) is 0 Å². The zero-order valence-corrected chi connectivity index (χ0v) is 7.96. The largest absolute Gasteiger partial charge is 0.368 e. The maximum absolute atomic E-state index is 5.72. The Morgan fingerprint density at radius 1 is 1.33 bits per heavy atom. The van der Waals surface area contributed by atoms with Gasteiger partial charge in [0.25, 0.3) is 0 Å². The first-order valence-corrected chi connectivity index (χ1v) is 4.13. The fraction of sp³-hybridized carbons (Fsp3) is 0. The first-order chi connectivity index (χ1) is 5.66. The number of rotatable bonds is 0. The molecule has 0 aromatic carbocycles. The lowest BCUT2D eigenvalue weighted by atomic mass is 10.5. The second-order valence-electron chi connectivity index (χ2n) is 2.04. The highest BCUT2D eigenvalue weighted by molar-refractivity contribution is 9.18. The Hall–Kier alpha value is -0.880. The summed E-state index contributed by atoms with van der Waals surface area (Å²) >= 11 is 8.82. The van der Waals surface area contributed by atoms with Gasteiger partial charge in [-0.3, -0.25) is 0 Å². The average Bonchev–Trinajstić information content (AvgIpc) is 2.29. The number of amidine groups is 1. The molecule has 0 spiro atoms. The van der Waals surface area contributed by atoms with Gasteiger partial charge in [-0.1, -0.05) is 11.6 Å². The van der Waals surface area contributed by atoms with Crippen LogP contribution < -0.4 is 11.1 Å². The van der Waals surface area contributed by atoms with Crippen LogP contribution in [0.15, 0.2) is 4.99 Å². The molecule has 0 unspecified atom stereocenters. The lowest BCUT2D eigenvalue weighted by Crippen LogP contribution is -2.00. The van der Waals surface area contributed by atoms with Gasteiger partial charge >= 0.3 is 0 Å². The van der Waals surface area contributed by atoms with Crippen molar-refractivity contribution < 1.29 is 0 Å². The van der Waals surface area contributed by atoms with Crippen molar-refractivity contribution >= 4 is 49.7 Å². The van der Waals surface area contributed by atoms with Crippen molar-refractivity contribution in [3.05, 3.63) is 5.15 Å². The number of nitrogen functional groups attached to an aromatic ring is 1. The van der Waals surface area contributed by atoms with Gasteiger partial charge in [0.2, 0.25) is 5.95 Å². The van der Waals surface area contributed by atoms with Crippen molar-refractivity contribution in [2.45, 2.75) is 0 Å². The Balaban J connectivity index is 2.62. The van der Waals surface area contributed by atoms with Crippen LogP contribution in [0.25, 0.3) is 0 Å². The SMILES string of the molecule is Nc1nc(Cl)c2c(n1)[N]C(Br)=N2. The van der Waals surface area contributed by atoms with E-state index in [1.807, 2.05) is 0 Å². The quantitative estimate of drug-likeness (QED) is 0.555. The van der Waals surface area contributed by atoms with Gasteiger partial charge in [-0.25, -0.2) is 10.3 Å². The summed E-state index contributed by atoms with van der Waals surface area (Å²) in [6.07, 6.45) is 0. The third kappa shape index (κ3) is 1.12. The highest BCUT2D eigenvalue weighted by atomic mass is 79.9. The third-order valence-electron chi connectivity index (χ3n) is 1.24. The van der Waals surface area contributed by atoms with Crippen molar-refractivity contribution in [2.75, 3.05) is 5.73 Å². The number of nitrogens with zero attached hydrogens (tertiary/aromatic N) is 4. The lowest BCUT2D eigenvalue weighted by molar-refractivity contribution is 1.13. The Bertz CT molecular complexity index is 376. The van der Waals surface area contributed by atoms with E-state index in [-0.39, 0.29) is 11.1 Å². The van der Waals surface area contributed by atoms with Crippen molar-refractivity contribution in [1.29, 1.82) is 0 Å². The number of aliphatic imine (C=N–C) groups is 1. The summed E-state index contributed by atoms with van der Waals surface area (Å²) < 4.78 is 0.430. The van der Waals surface area contributed by atoms with Crippen molar-refractivity contribution in [1.82, 2.24) is 15.3 Å². The topological polar surface area (TPSA) is 78.3 Å². The fourth-order valence-corrected chi connectivity index (χ4v) is 1.37. The van der Waals surface area contributed by atoms with Crippen LogP contribution in [0.3, 0.4) is 0 Å².